The average molecular weight is 305 g/mol. The molecule has 0 bridgehead atoms. The van der Waals surface area contributed by atoms with Crippen LogP contribution in [0.3, 0.4) is 0 Å². The first-order valence-corrected chi connectivity index (χ1v) is 6.89. The molecule has 0 atom stereocenters. The van der Waals surface area contributed by atoms with E-state index in [1.54, 1.807) is 42.5 Å². The summed E-state index contributed by atoms with van der Waals surface area (Å²) in [5.74, 6) is -1.02. The summed E-state index contributed by atoms with van der Waals surface area (Å²) < 4.78 is 0. The van der Waals surface area contributed by atoms with Gasteiger partial charge in [-0.15, -0.1) is 0 Å². The summed E-state index contributed by atoms with van der Waals surface area (Å²) in [6.07, 6.45) is 1.38. The summed E-state index contributed by atoms with van der Waals surface area (Å²) >= 11 is 0. The van der Waals surface area contributed by atoms with E-state index in [0.717, 1.165) is 5.56 Å². The van der Waals surface area contributed by atoms with Gasteiger partial charge in [-0.2, -0.15) is 5.26 Å². The highest BCUT2D eigenvalue weighted by Crippen LogP contribution is 2.15. The van der Waals surface area contributed by atoms with Gasteiger partial charge in [0.25, 0.3) is 11.8 Å². The Balaban J connectivity index is 2.20. The molecule has 0 aliphatic carbocycles. The number of nitriles is 1. The minimum Gasteiger partial charge on any atom is -0.365 e. The monoisotopic (exact) mass is 305 g/mol. The molecule has 2 aromatic carbocycles. The number of hydrogen-bond donors (Lipinski definition) is 2. The summed E-state index contributed by atoms with van der Waals surface area (Å²) in [5.41, 5.74) is 7.74. The quantitative estimate of drug-likeness (QED) is 0.671. The lowest BCUT2D eigenvalue weighted by molar-refractivity contribution is -0.114. The molecule has 0 radical (unpaired) electrons. The average Bonchev–Trinajstić information content (AvgIpc) is 2.53. The van der Waals surface area contributed by atoms with E-state index in [1.807, 2.05) is 19.1 Å². The molecule has 0 aromatic heterocycles. The lowest BCUT2D eigenvalue weighted by Crippen LogP contribution is -2.13. The third kappa shape index (κ3) is 4.29. The van der Waals surface area contributed by atoms with Crippen molar-refractivity contribution in [3.63, 3.8) is 0 Å². The Kier molecular flexibility index (Phi) is 4.90. The first kappa shape index (κ1) is 16.0. The Labute approximate surface area is 134 Å². The molecule has 5 nitrogen and oxygen atoms in total. The van der Waals surface area contributed by atoms with Crippen LogP contribution in [0.2, 0.25) is 0 Å². The van der Waals surface area contributed by atoms with Crippen LogP contribution in [0.15, 0.2) is 54.1 Å². The van der Waals surface area contributed by atoms with Crippen LogP contribution in [0.1, 0.15) is 21.5 Å². The third-order valence-electron chi connectivity index (χ3n) is 3.16. The van der Waals surface area contributed by atoms with Gasteiger partial charge in [-0.3, -0.25) is 9.59 Å². The fourth-order valence-electron chi connectivity index (χ4n) is 1.94. The highest BCUT2D eigenvalue weighted by Gasteiger charge is 2.07. The summed E-state index contributed by atoms with van der Waals surface area (Å²) in [7, 11) is 0. The van der Waals surface area contributed by atoms with Crippen LogP contribution >= 0.6 is 0 Å². The minimum absolute atomic E-state index is 0.146. The van der Waals surface area contributed by atoms with Crippen molar-refractivity contribution in [3.8, 4) is 6.07 Å². The smallest absolute Gasteiger partial charge is 0.259 e. The first-order valence-electron chi connectivity index (χ1n) is 6.89. The van der Waals surface area contributed by atoms with Crippen molar-refractivity contribution < 1.29 is 9.59 Å². The second-order valence-corrected chi connectivity index (χ2v) is 4.98. The maximum atomic E-state index is 12.2. The summed E-state index contributed by atoms with van der Waals surface area (Å²) in [6, 6.07) is 15.8. The number of carbonyl (C=O) groups is 2. The van der Waals surface area contributed by atoms with Gasteiger partial charge < -0.3 is 11.1 Å². The highest BCUT2D eigenvalue weighted by molar-refractivity contribution is 6.04. The van der Waals surface area contributed by atoms with Crippen LogP contribution in [-0.4, -0.2) is 11.8 Å². The largest absolute Gasteiger partial charge is 0.365 e. The van der Waals surface area contributed by atoms with Gasteiger partial charge in [0.05, 0.1) is 0 Å². The molecule has 3 N–H and O–H groups in total. The Morgan fingerprint density at radius 2 is 1.87 bits per heavy atom. The number of primary amides is 1. The van der Waals surface area contributed by atoms with E-state index < -0.39 is 5.91 Å². The highest BCUT2D eigenvalue weighted by atomic mass is 16.2. The molecule has 23 heavy (non-hydrogen) atoms. The third-order valence-corrected chi connectivity index (χ3v) is 3.16. The molecule has 0 saturated carbocycles. The molecule has 0 unspecified atom stereocenters. The van der Waals surface area contributed by atoms with Gasteiger partial charge in [-0.1, -0.05) is 29.8 Å². The van der Waals surface area contributed by atoms with Gasteiger partial charge in [-0.25, -0.2) is 0 Å². The van der Waals surface area contributed by atoms with Crippen molar-refractivity contribution in [1.29, 1.82) is 5.26 Å². The first-order chi connectivity index (χ1) is 11.0. The van der Waals surface area contributed by atoms with Crippen LogP contribution in [0, 0.1) is 18.3 Å². The van der Waals surface area contributed by atoms with Gasteiger partial charge in [0.15, 0.2) is 0 Å². The maximum absolute atomic E-state index is 12.2. The predicted molar refractivity (Wildman–Crippen MR) is 88.4 cm³/mol. The Hall–Kier alpha value is -3.39. The molecule has 2 rings (SSSR count). The van der Waals surface area contributed by atoms with Crippen molar-refractivity contribution in [3.05, 3.63) is 70.8 Å². The van der Waals surface area contributed by atoms with E-state index in [9.17, 15) is 9.59 Å². The summed E-state index contributed by atoms with van der Waals surface area (Å²) in [5, 5.41) is 11.6. The van der Waals surface area contributed by atoms with E-state index >= 15 is 0 Å². The van der Waals surface area contributed by atoms with E-state index in [1.165, 1.54) is 6.08 Å². The Morgan fingerprint density at radius 3 is 2.48 bits per heavy atom. The van der Waals surface area contributed by atoms with Gasteiger partial charge in [-0.05, 0) is 42.8 Å². The number of aryl methyl sites for hydroxylation is 1. The van der Waals surface area contributed by atoms with Crippen LogP contribution < -0.4 is 11.1 Å². The second kappa shape index (κ2) is 7.05. The van der Waals surface area contributed by atoms with E-state index in [4.69, 9.17) is 11.0 Å². The van der Waals surface area contributed by atoms with Gasteiger partial charge in [0.1, 0.15) is 11.6 Å². The zero-order chi connectivity index (χ0) is 16.8. The Morgan fingerprint density at radius 1 is 1.17 bits per heavy atom. The number of nitrogens with two attached hydrogens (primary N) is 1. The maximum Gasteiger partial charge on any atom is 0.259 e. The molecule has 5 heteroatoms. The molecule has 2 aromatic rings. The van der Waals surface area contributed by atoms with Gasteiger partial charge in [0, 0.05) is 11.3 Å². The van der Waals surface area contributed by atoms with E-state index in [2.05, 4.69) is 5.32 Å². The van der Waals surface area contributed by atoms with Crippen LogP contribution in [0.4, 0.5) is 5.69 Å². The summed E-state index contributed by atoms with van der Waals surface area (Å²) in [4.78, 5) is 23.2. The molecule has 0 aliphatic heterocycles. The van der Waals surface area contributed by atoms with Gasteiger partial charge in [0.2, 0.25) is 0 Å². The van der Waals surface area contributed by atoms with Gasteiger partial charge >= 0.3 is 0 Å². The van der Waals surface area contributed by atoms with Crippen molar-refractivity contribution >= 4 is 23.6 Å². The normalized spacial score (nSPS) is 10.7. The van der Waals surface area contributed by atoms with E-state index in [0.29, 0.717) is 16.8 Å². The number of hydrogen-bond acceptors (Lipinski definition) is 3. The number of nitrogens with one attached hydrogen (secondary N) is 1. The molecule has 114 valence electrons. The van der Waals surface area contributed by atoms with E-state index in [-0.39, 0.29) is 11.5 Å². The fraction of sp³-hybridized carbons (Fsp3) is 0.0556. The number of nitrogens with zero attached hydrogens (tertiary/aromatic N) is 1. The number of amides is 2. The van der Waals surface area contributed by atoms with Crippen molar-refractivity contribution in [2.24, 2.45) is 5.73 Å². The molecule has 0 spiro atoms. The number of carbonyl (C=O) groups excluding carboxylic acids is 2. The SMILES string of the molecule is Cc1ccc(C(=O)Nc2cccc(/C=C(\C#N)C(N)=O)c2)cc1. The molecular weight excluding hydrogens is 290 g/mol. The van der Waals surface area contributed by atoms with Crippen LogP contribution in [0.25, 0.3) is 6.08 Å². The molecule has 2 amide bonds. The molecule has 0 aliphatic rings. The van der Waals surface area contributed by atoms with Crippen LogP contribution in [0.5, 0.6) is 0 Å². The minimum atomic E-state index is -0.790. The standard InChI is InChI=1S/C18H15N3O2/c1-12-5-7-14(8-6-12)18(23)21-16-4-2-3-13(10-16)9-15(11-19)17(20)22/h2-10H,1H3,(H2,20,22)(H,21,23)/b15-9+. The zero-order valence-corrected chi connectivity index (χ0v) is 12.5. The number of anilines is 1. The zero-order valence-electron chi connectivity index (χ0n) is 12.5. The topological polar surface area (TPSA) is 96.0 Å². The van der Waals surface area contributed by atoms with Crippen molar-refractivity contribution in [2.75, 3.05) is 5.32 Å². The molecular formula is C18H15N3O2. The molecule has 0 heterocycles. The molecule has 0 fully saturated rings. The second-order valence-electron chi connectivity index (χ2n) is 4.98. The van der Waals surface area contributed by atoms with Crippen molar-refractivity contribution in [1.82, 2.24) is 0 Å². The number of rotatable bonds is 4. The number of benzene rings is 2. The molecule has 0 saturated heterocycles. The summed E-state index contributed by atoms with van der Waals surface area (Å²) in [6.45, 7) is 1.95. The lowest BCUT2D eigenvalue weighted by Gasteiger charge is -2.06. The Bertz CT molecular complexity index is 815. The van der Waals surface area contributed by atoms with Crippen molar-refractivity contribution in [2.45, 2.75) is 6.92 Å². The van der Waals surface area contributed by atoms with Crippen LogP contribution in [-0.2, 0) is 4.79 Å². The fourth-order valence-corrected chi connectivity index (χ4v) is 1.94. The predicted octanol–water partition coefficient (Wildman–Crippen LogP) is 2.64. The lowest BCUT2D eigenvalue weighted by atomic mass is 10.1.